The average Bonchev–Trinajstić information content (AvgIpc) is 2.71. The highest BCUT2D eigenvalue weighted by atomic mass is 32.2. The lowest BCUT2D eigenvalue weighted by atomic mass is 10.1. The summed E-state index contributed by atoms with van der Waals surface area (Å²) in [6.07, 6.45) is 0. The second kappa shape index (κ2) is 8.96. The van der Waals surface area contributed by atoms with Crippen molar-refractivity contribution in [2.45, 2.75) is 18.7 Å². The van der Waals surface area contributed by atoms with Crippen molar-refractivity contribution in [3.8, 4) is 5.75 Å². The molecule has 0 unspecified atom stereocenters. The molecule has 0 saturated heterocycles. The van der Waals surface area contributed by atoms with Gasteiger partial charge in [0, 0.05) is 11.4 Å². The van der Waals surface area contributed by atoms with Crippen LogP contribution < -0.4 is 14.8 Å². The van der Waals surface area contributed by atoms with E-state index >= 15 is 0 Å². The topological polar surface area (TPSA) is 84.5 Å². The average molecular weight is 428 g/mol. The standard InChI is InChI=1S/C22H21FN2O4S/c1-15-3-4-16(2)21(13-15)24-22(26)14-29-19-9-11-20(12-10-19)30(27,28)25-18-7-5-17(23)6-8-18/h3-13,25H,14H2,1-2H3,(H,24,26). The molecule has 156 valence electrons. The van der Waals surface area contributed by atoms with Crippen molar-refractivity contribution in [1.82, 2.24) is 0 Å². The lowest BCUT2D eigenvalue weighted by Crippen LogP contribution is -2.20. The Kier molecular flexibility index (Phi) is 6.37. The van der Waals surface area contributed by atoms with E-state index in [1.807, 2.05) is 32.0 Å². The number of carbonyl (C=O) groups is 1. The molecule has 30 heavy (non-hydrogen) atoms. The summed E-state index contributed by atoms with van der Waals surface area (Å²) in [5.41, 5.74) is 2.94. The zero-order valence-corrected chi connectivity index (χ0v) is 17.3. The number of aryl methyl sites for hydroxylation is 2. The van der Waals surface area contributed by atoms with Crippen LogP contribution in [0, 0.1) is 19.7 Å². The molecule has 0 spiro atoms. The second-order valence-corrected chi connectivity index (χ2v) is 8.42. The number of hydrogen-bond donors (Lipinski definition) is 2. The van der Waals surface area contributed by atoms with Crippen LogP contribution >= 0.6 is 0 Å². The van der Waals surface area contributed by atoms with Gasteiger partial charge in [0.05, 0.1) is 4.90 Å². The fourth-order valence-electron chi connectivity index (χ4n) is 2.65. The van der Waals surface area contributed by atoms with Crippen molar-refractivity contribution < 1.29 is 22.3 Å². The van der Waals surface area contributed by atoms with Crippen molar-refractivity contribution in [1.29, 1.82) is 0 Å². The summed E-state index contributed by atoms with van der Waals surface area (Å²) in [6, 6.07) is 16.4. The fraction of sp³-hybridized carbons (Fsp3) is 0.136. The first-order valence-electron chi connectivity index (χ1n) is 9.11. The molecule has 0 aliphatic carbocycles. The number of anilines is 2. The maximum atomic E-state index is 13.0. The molecule has 0 fully saturated rings. The first-order chi connectivity index (χ1) is 14.2. The maximum Gasteiger partial charge on any atom is 0.262 e. The molecule has 3 aromatic carbocycles. The fourth-order valence-corrected chi connectivity index (χ4v) is 3.71. The van der Waals surface area contributed by atoms with Gasteiger partial charge in [0.25, 0.3) is 15.9 Å². The Morgan fingerprint density at radius 1 is 0.967 bits per heavy atom. The van der Waals surface area contributed by atoms with Crippen LogP contribution in [0.2, 0.25) is 0 Å². The number of nitrogens with one attached hydrogen (secondary N) is 2. The molecule has 0 aromatic heterocycles. The van der Waals surface area contributed by atoms with Crippen molar-refractivity contribution in [2.24, 2.45) is 0 Å². The summed E-state index contributed by atoms with van der Waals surface area (Å²) in [5, 5.41) is 2.79. The third-order valence-corrected chi connectivity index (χ3v) is 5.66. The molecular formula is C22H21FN2O4S. The minimum absolute atomic E-state index is 0.0130. The predicted octanol–water partition coefficient (Wildman–Crippen LogP) is 4.26. The Morgan fingerprint density at radius 2 is 1.63 bits per heavy atom. The van der Waals surface area contributed by atoms with E-state index in [1.54, 1.807) is 0 Å². The van der Waals surface area contributed by atoms with Crippen LogP contribution in [0.15, 0.2) is 71.6 Å². The molecular weight excluding hydrogens is 407 g/mol. The van der Waals surface area contributed by atoms with Crippen LogP contribution in [0.3, 0.4) is 0 Å². The van der Waals surface area contributed by atoms with Gasteiger partial charge in [-0.25, -0.2) is 12.8 Å². The van der Waals surface area contributed by atoms with E-state index in [0.717, 1.165) is 28.9 Å². The van der Waals surface area contributed by atoms with Crippen LogP contribution in [0.1, 0.15) is 11.1 Å². The number of hydrogen-bond acceptors (Lipinski definition) is 4. The van der Waals surface area contributed by atoms with Gasteiger partial charge in [-0.05, 0) is 79.6 Å². The summed E-state index contributed by atoms with van der Waals surface area (Å²) in [4.78, 5) is 12.1. The maximum absolute atomic E-state index is 13.0. The van der Waals surface area contributed by atoms with E-state index in [4.69, 9.17) is 4.74 Å². The summed E-state index contributed by atoms with van der Waals surface area (Å²) in [6.45, 7) is 3.62. The van der Waals surface area contributed by atoms with Crippen LogP contribution in [0.25, 0.3) is 0 Å². The van der Waals surface area contributed by atoms with Gasteiger partial charge in [-0.2, -0.15) is 0 Å². The van der Waals surface area contributed by atoms with E-state index in [1.165, 1.54) is 36.4 Å². The molecule has 6 nitrogen and oxygen atoms in total. The molecule has 8 heteroatoms. The van der Waals surface area contributed by atoms with Gasteiger partial charge in [0.15, 0.2) is 6.61 Å². The van der Waals surface area contributed by atoms with Gasteiger partial charge < -0.3 is 10.1 Å². The predicted molar refractivity (Wildman–Crippen MR) is 114 cm³/mol. The number of carbonyl (C=O) groups excluding carboxylic acids is 1. The third kappa shape index (κ3) is 5.57. The monoisotopic (exact) mass is 428 g/mol. The summed E-state index contributed by atoms with van der Waals surface area (Å²) >= 11 is 0. The number of benzene rings is 3. The second-order valence-electron chi connectivity index (χ2n) is 6.74. The highest BCUT2D eigenvalue weighted by Crippen LogP contribution is 2.20. The largest absolute Gasteiger partial charge is 0.484 e. The van der Waals surface area contributed by atoms with E-state index in [2.05, 4.69) is 10.0 Å². The number of halogens is 1. The highest BCUT2D eigenvalue weighted by molar-refractivity contribution is 7.92. The van der Waals surface area contributed by atoms with E-state index in [9.17, 15) is 17.6 Å². The third-order valence-electron chi connectivity index (χ3n) is 4.27. The quantitative estimate of drug-likeness (QED) is 0.589. The Morgan fingerprint density at radius 3 is 2.30 bits per heavy atom. The van der Waals surface area contributed by atoms with Crippen molar-refractivity contribution in [3.05, 3.63) is 83.7 Å². The molecule has 0 heterocycles. The molecule has 2 N–H and O–H groups in total. The van der Waals surface area contributed by atoms with Gasteiger partial charge in [-0.3, -0.25) is 9.52 Å². The smallest absolute Gasteiger partial charge is 0.262 e. The van der Waals surface area contributed by atoms with Gasteiger partial charge in [-0.1, -0.05) is 12.1 Å². The lowest BCUT2D eigenvalue weighted by molar-refractivity contribution is -0.118. The number of sulfonamides is 1. The van der Waals surface area contributed by atoms with Gasteiger partial charge >= 0.3 is 0 Å². The zero-order chi connectivity index (χ0) is 21.7. The van der Waals surface area contributed by atoms with Crippen molar-refractivity contribution in [3.63, 3.8) is 0 Å². The molecule has 3 rings (SSSR count). The Bertz CT molecular complexity index is 1140. The minimum atomic E-state index is -3.83. The number of amides is 1. The normalized spacial score (nSPS) is 11.0. The van der Waals surface area contributed by atoms with Crippen LogP contribution in [0.4, 0.5) is 15.8 Å². The summed E-state index contributed by atoms with van der Waals surface area (Å²) in [7, 11) is -3.83. The first kappa shape index (κ1) is 21.3. The molecule has 0 atom stereocenters. The van der Waals surface area contributed by atoms with Crippen molar-refractivity contribution >= 4 is 27.3 Å². The molecule has 1 amide bonds. The molecule has 0 aliphatic heterocycles. The van der Waals surface area contributed by atoms with E-state index in [0.29, 0.717) is 5.75 Å². The van der Waals surface area contributed by atoms with Gasteiger partial charge in [0.2, 0.25) is 0 Å². The molecule has 3 aromatic rings. The van der Waals surface area contributed by atoms with Crippen molar-refractivity contribution in [2.75, 3.05) is 16.6 Å². The van der Waals surface area contributed by atoms with Crippen LogP contribution in [0.5, 0.6) is 5.75 Å². The highest BCUT2D eigenvalue weighted by Gasteiger charge is 2.14. The summed E-state index contributed by atoms with van der Waals surface area (Å²) in [5.74, 6) is -0.425. The Labute approximate surface area is 174 Å². The molecule has 0 bridgehead atoms. The van der Waals surface area contributed by atoms with E-state index < -0.39 is 15.8 Å². The molecule has 0 radical (unpaired) electrons. The van der Waals surface area contributed by atoms with Crippen LogP contribution in [-0.2, 0) is 14.8 Å². The minimum Gasteiger partial charge on any atom is -0.484 e. The van der Waals surface area contributed by atoms with Crippen LogP contribution in [-0.4, -0.2) is 20.9 Å². The SMILES string of the molecule is Cc1ccc(C)c(NC(=O)COc2ccc(S(=O)(=O)Nc3ccc(F)cc3)cc2)c1. The van der Waals surface area contributed by atoms with Gasteiger partial charge in [0.1, 0.15) is 11.6 Å². The number of ether oxygens (including phenoxy) is 1. The molecule has 0 aliphatic rings. The Balaban J connectivity index is 1.59. The zero-order valence-electron chi connectivity index (χ0n) is 16.5. The molecule has 0 saturated carbocycles. The number of rotatable bonds is 7. The first-order valence-corrected chi connectivity index (χ1v) is 10.6. The summed E-state index contributed by atoms with van der Waals surface area (Å²) < 4.78 is 45.6. The lowest BCUT2D eigenvalue weighted by Gasteiger charge is -2.11. The van der Waals surface area contributed by atoms with Gasteiger partial charge in [-0.15, -0.1) is 0 Å². The Hall–Kier alpha value is -3.39. The van der Waals surface area contributed by atoms with E-state index in [-0.39, 0.29) is 23.1 Å².